The van der Waals surface area contributed by atoms with E-state index in [1.807, 2.05) is 30.3 Å². The molecule has 2 saturated heterocycles. The Labute approximate surface area is 229 Å². The number of aromatic nitrogens is 3. The maximum Gasteiger partial charge on any atom is 0.256 e. The third-order valence-electron chi connectivity index (χ3n) is 6.63. The van der Waals surface area contributed by atoms with Gasteiger partial charge < -0.3 is 29.3 Å². The summed E-state index contributed by atoms with van der Waals surface area (Å²) < 4.78 is 47.9. The van der Waals surface area contributed by atoms with Gasteiger partial charge in [-0.25, -0.2) is 13.5 Å². The fourth-order valence-corrected chi connectivity index (χ4v) is 4.66. The molecule has 2 aliphatic rings. The van der Waals surface area contributed by atoms with Crippen LogP contribution < -0.4 is 10.2 Å². The van der Waals surface area contributed by atoms with Gasteiger partial charge in [-0.2, -0.15) is 0 Å². The third kappa shape index (κ3) is 6.15. The number of benzene rings is 2. The zero-order chi connectivity index (χ0) is 27.4. The van der Waals surface area contributed by atoms with Crippen LogP contribution in [0.25, 0.3) is 5.69 Å². The quantitative estimate of drug-likeness (QED) is 0.458. The van der Waals surface area contributed by atoms with E-state index in [4.69, 9.17) is 26.4 Å². The minimum absolute atomic E-state index is 0.0832. The van der Waals surface area contributed by atoms with Gasteiger partial charge in [-0.1, -0.05) is 35.5 Å². The van der Waals surface area contributed by atoms with Crippen LogP contribution in [0.15, 0.2) is 48.7 Å². The second-order valence-corrected chi connectivity index (χ2v) is 9.55. The van der Waals surface area contributed by atoms with Gasteiger partial charge in [-0.3, -0.25) is 4.79 Å². The van der Waals surface area contributed by atoms with Crippen LogP contribution in [0.1, 0.15) is 17.5 Å². The van der Waals surface area contributed by atoms with E-state index in [0.717, 1.165) is 5.56 Å². The van der Waals surface area contributed by atoms with Crippen LogP contribution in [-0.2, 0) is 25.5 Å². The van der Waals surface area contributed by atoms with Gasteiger partial charge in [-0.15, -0.1) is 5.10 Å². The number of carbonyl (C=O) groups is 1. The lowest BCUT2D eigenvalue weighted by atomic mass is 10.1. The molecule has 2 aromatic carbocycles. The number of halogens is 2. The van der Waals surface area contributed by atoms with Crippen molar-refractivity contribution in [3.8, 4) is 5.69 Å². The van der Waals surface area contributed by atoms with Gasteiger partial charge in [0, 0.05) is 43.9 Å². The van der Waals surface area contributed by atoms with E-state index in [0.29, 0.717) is 31.9 Å². The maximum absolute atomic E-state index is 15.1. The molecule has 0 spiro atoms. The first-order valence-electron chi connectivity index (χ1n) is 12.5. The number of hydrogen-bond acceptors (Lipinski definition) is 8. The summed E-state index contributed by atoms with van der Waals surface area (Å²) in [5.74, 6) is -1.94. The van der Waals surface area contributed by atoms with Gasteiger partial charge in [0.25, 0.3) is 5.17 Å². The maximum atomic E-state index is 15.1. The molecule has 39 heavy (non-hydrogen) atoms. The van der Waals surface area contributed by atoms with Crippen LogP contribution >= 0.6 is 12.2 Å². The predicted octanol–water partition coefficient (Wildman–Crippen LogP) is 2.58. The minimum atomic E-state index is -0.721. The molecule has 0 bridgehead atoms. The van der Waals surface area contributed by atoms with Gasteiger partial charge in [0.2, 0.25) is 5.91 Å². The summed E-state index contributed by atoms with van der Waals surface area (Å²) in [7, 11) is 1.44. The second-order valence-electron chi connectivity index (χ2n) is 9.18. The Morgan fingerprint density at radius 3 is 2.41 bits per heavy atom. The molecule has 206 valence electrons. The first-order valence-corrected chi connectivity index (χ1v) is 12.9. The summed E-state index contributed by atoms with van der Waals surface area (Å²) in [4.78, 5) is 16.3. The lowest BCUT2D eigenvalue weighted by molar-refractivity contribution is -0.209. The van der Waals surface area contributed by atoms with Crippen molar-refractivity contribution in [2.75, 3.05) is 51.4 Å². The SMILES string of the molecule is COC(=S)NCc1cn(-c2cc(F)c(N3CCN(C(=O)C4COC(c5ccccc5)OC4)CC3)c(F)c2)nn1. The predicted molar refractivity (Wildman–Crippen MR) is 141 cm³/mol. The number of rotatable bonds is 6. The van der Waals surface area contributed by atoms with Crippen LogP contribution in [0.4, 0.5) is 14.5 Å². The van der Waals surface area contributed by atoms with Crippen LogP contribution in [0.2, 0.25) is 0 Å². The van der Waals surface area contributed by atoms with E-state index < -0.39 is 23.8 Å². The fourth-order valence-electron chi connectivity index (χ4n) is 4.58. The van der Waals surface area contributed by atoms with E-state index >= 15 is 8.78 Å². The number of thiocarbonyl (C=S) groups is 1. The molecule has 0 radical (unpaired) electrons. The normalized spacial score (nSPS) is 19.6. The van der Waals surface area contributed by atoms with Crippen molar-refractivity contribution in [2.45, 2.75) is 12.8 Å². The van der Waals surface area contributed by atoms with E-state index in [1.165, 1.54) is 23.9 Å². The largest absolute Gasteiger partial charge is 0.474 e. The molecule has 1 aromatic heterocycles. The van der Waals surface area contributed by atoms with Crippen LogP contribution in [-0.4, -0.2) is 77.5 Å². The molecular formula is C26H28F2N6O4S. The average Bonchev–Trinajstić information content (AvgIpc) is 3.45. The van der Waals surface area contributed by atoms with Crippen LogP contribution in [0.5, 0.6) is 0 Å². The summed E-state index contributed by atoms with van der Waals surface area (Å²) in [6, 6.07) is 12.0. The number of amides is 1. The highest BCUT2D eigenvalue weighted by Crippen LogP contribution is 2.29. The van der Waals surface area contributed by atoms with Gasteiger partial charge in [0.05, 0.1) is 44.7 Å². The fraction of sp³-hybridized carbons (Fsp3) is 0.385. The summed E-state index contributed by atoms with van der Waals surface area (Å²) in [5, 5.41) is 10.9. The minimum Gasteiger partial charge on any atom is -0.474 e. The number of carbonyl (C=O) groups excluding carboxylic acids is 1. The molecule has 3 heterocycles. The molecule has 0 atom stereocenters. The van der Waals surface area contributed by atoms with E-state index in [9.17, 15) is 4.79 Å². The first kappa shape index (κ1) is 26.9. The van der Waals surface area contributed by atoms with Gasteiger partial charge >= 0.3 is 0 Å². The summed E-state index contributed by atoms with van der Waals surface area (Å²) in [6.07, 6.45) is 1.06. The highest BCUT2D eigenvalue weighted by atomic mass is 32.1. The Balaban J connectivity index is 1.16. The first-order chi connectivity index (χ1) is 18.9. The van der Waals surface area contributed by atoms with Crippen molar-refractivity contribution < 1.29 is 27.8 Å². The number of nitrogens with one attached hydrogen (secondary N) is 1. The number of nitrogens with zero attached hydrogens (tertiary/aromatic N) is 5. The number of ether oxygens (including phenoxy) is 3. The van der Waals surface area contributed by atoms with Crippen molar-refractivity contribution in [3.63, 3.8) is 0 Å². The van der Waals surface area contributed by atoms with Crippen molar-refractivity contribution in [3.05, 3.63) is 71.6 Å². The molecule has 0 unspecified atom stereocenters. The Bertz CT molecular complexity index is 1290. The Kier molecular flexibility index (Phi) is 8.29. The zero-order valence-corrected chi connectivity index (χ0v) is 22.1. The lowest BCUT2D eigenvalue weighted by Crippen LogP contribution is -2.52. The van der Waals surface area contributed by atoms with Crippen molar-refractivity contribution in [1.29, 1.82) is 0 Å². The Morgan fingerprint density at radius 2 is 1.77 bits per heavy atom. The second kappa shape index (κ2) is 12.0. The highest BCUT2D eigenvalue weighted by Gasteiger charge is 2.33. The molecule has 13 heteroatoms. The molecule has 0 saturated carbocycles. The zero-order valence-electron chi connectivity index (χ0n) is 21.3. The van der Waals surface area contributed by atoms with E-state index in [2.05, 4.69) is 15.6 Å². The molecule has 3 aromatic rings. The number of hydrogen-bond donors (Lipinski definition) is 1. The van der Waals surface area contributed by atoms with Crippen LogP contribution in [0.3, 0.4) is 0 Å². The summed E-state index contributed by atoms with van der Waals surface area (Å²) in [6.45, 7) is 2.01. The van der Waals surface area contributed by atoms with Gasteiger partial charge in [0.1, 0.15) is 11.4 Å². The molecule has 0 aliphatic carbocycles. The van der Waals surface area contributed by atoms with Gasteiger partial charge in [-0.05, 0) is 12.2 Å². The number of anilines is 1. The van der Waals surface area contributed by atoms with Gasteiger partial charge in [0.15, 0.2) is 17.9 Å². The van der Waals surface area contributed by atoms with Crippen molar-refractivity contribution >= 4 is 29.0 Å². The third-order valence-corrected chi connectivity index (χ3v) is 6.94. The summed E-state index contributed by atoms with van der Waals surface area (Å²) in [5.41, 5.74) is 1.49. The number of methoxy groups -OCH3 is 1. The highest BCUT2D eigenvalue weighted by molar-refractivity contribution is 7.80. The molecule has 2 aliphatic heterocycles. The lowest BCUT2D eigenvalue weighted by Gasteiger charge is -2.39. The van der Waals surface area contributed by atoms with Crippen molar-refractivity contribution in [1.82, 2.24) is 25.2 Å². The van der Waals surface area contributed by atoms with E-state index in [1.54, 1.807) is 16.0 Å². The topological polar surface area (TPSA) is 94.0 Å². The Hall–Kier alpha value is -3.68. The van der Waals surface area contributed by atoms with Crippen LogP contribution in [0, 0.1) is 17.6 Å². The molecule has 1 N–H and O–H groups in total. The van der Waals surface area contributed by atoms with Crippen molar-refractivity contribution in [2.24, 2.45) is 5.92 Å². The Morgan fingerprint density at radius 1 is 1.10 bits per heavy atom. The number of piperazine rings is 1. The molecular weight excluding hydrogens is 530 g/mol. The molecule has 10 nitrogen and oxygen atoms in total. The molecule has 1 amide bonds. The standard InChI is InChI=1S/C26H28F2N6O4S/c1-36-26(39)29-13-19-14-34(31-30-19)20-11-21(27)23(22(28)12-20)32-7-9-33(10-8-32)24(35)18-15-37-25(38-16-18)17-5-3-2-4-6-17/h2-6,11-12,14,18,25H,7-10,13,15-16H2,1H3,(H,29,39). The summed E-state index contributed by atoms with van der Waals surface area (Å²) >= 11 is 4.92. The average molecular weight is 559 g/mol. The smallest absolute Gasteiger partial charge is 0.256 e. The monoisotopic (exact) mass is 558 g/mol. The van der Waals surface area contributed by atoms with E-state index in [-0.39, 0.29) is 42.2 Å². The molecule has 5 rings (SSSR count). The molecule has 2 fully saturated rings.